The zero-order chi connectivity index (χ0) is 9.31. The van der Waals surface area contributed by atoms with Crippen LogP contribution in [0.25, 0.3) is 0 Å². The Morgan fingerprint density at radius 2 is 2.00 bits per heavy atom. The van der Waals surface area contributed by atoms with Crippen LogP contribution in [0, 0.1) is 11.8 Å². The number of rotatable bonds is 2. The van der Waals surface area contributed by atoms with Crippen LogP contribution in [0.5, 0.6) is 0 Å². The number of nitrogens with one attached hydrogen (secondary N) is 1. The smallest absolute Gasteiger partial charge is 0.0925 e. The molecule has 13 heavy (non-hydrogen) atoms. The predicted molar refractivity (Wildman–Crippen MR) is 53.6 cm³/mol. The second-order valence-electron chi connectivity index (χ2n) is 4.77. The quantitative estimate of drug-likeness (QED) is 0.680. The average molecular weight is 183 g/mol. The van der Waals surface area contributed by atoms with Crippen LogP contribution in [0.2, 0.25) is 0 Å². The first-order chi connectivity index (χ1) is 6.26. The second-order valence-corrected chi connectivity index (χ2v) is 4.77. The molecule has 2 fully saturated rings. The Balaban J connectivity index is 2.01. The van der Waals surface area contributed by atoms with E-state index in [1.165, 1.54) is 32.1 Å². The summed E-state index contributed by atoms with van der Waals surface area (Å²) < 4.78 is 0. The Kier molecular flexibility index (Phi) is 2.61. The number of aliphatic hydroxyl groups is 1. The summed E-state index contributed by atoms with van der Waals surface area (Å²) in [6.07, 6.45) is 6.52. The summed E-state index contributed by atoms with van der Waals surface area (Å²) in [4.78, 5) is 0. The standard InChI is InChI=1S/C11H21NO/c1-2-9-5-3-4-6-10(9)11(13)7-12-8-11/h9-10,12-13H,2-8H2,1H3. The number of hydrogen-bond acceptors (Lipinski definition) is 2. The fourth-order valence-electron chi connectivity index (χ4n) is 3.05. The van der Waals surface area contributed by atoms with Crippen LogP contribution in [0.4, 0.5) is 0 Å². The molecule has 2 atom stereocenters. The van der Waals surface area contributed by atoms with Gasteiger partial charge in [-0.3, -0.25) is 0 Å². The molecule has 2 aliphatic rings. The average Bonchev–Trinajstić information content (AvgIpc) is 2.14. The van der Waals surface area contributed by atoms with Gasteiger partial charge in [0.25, 0.3) is 0 Å². The molecule has 1 heterocycles. The molecule has 0 aromatic heterocycles. The monoisotopic (exact) mass is 183 g/mol. The minimum atomic E-state index is -0.346. The van der Waals surface area contributed by atoms with E-state index in [0.29, 0.717) is 5.92 Å². The topological polar surface area (TPSA) is 32.3 Å². The second kappa shape index (κ2) is 3.58. The van der Waals surface area contributed by atoms with E-state index in [1.807, 2.05) is 0 Å². The van der Waals surface area contributed by atoms with Crippen molar-refractivity contribution in [1.82, 2.24) is 5.32 Å². The fourth-order valence-corrected chi connectivity index (χ4v) is 3.05. The fraction of sp³-hybridized carbons (Fsp3) is 1.00. The minimum Gasteiger partial charge on any atom is -0.387 e. The molecule has 76 valence electrons. The normalized spacial score (nSPS) is 38.3. The Hall–Kier alpha value is -0.0800. The van der Waals surface area contributed by atoms with Crippen LogP contribution < -0.4 is 5.32 Å². The molecule has 1 aliphatic heterocycles. The van der Waals surface area contributed by atoms with Gasteiger partial charge >= 0.3 is 0 Å². The largest absolute Gasteiger partial charge is 0.387 e. The van der Waals surface area contributed by atoms with Crippen molar-refractivity contribution >= 4 is 0 Å². The van der Waals surface area contributed by atoms with Gasteiger partial charge in [0.2, 0.25) is 0 Å². The van der Waals surface area contributed by atoms with Gasteiger partial charge in [-0.2, -0.15) is 0 Å². The van der Waals surface area contributed by atoms with Crippen molar-refractivity contribution in [1.29, 1.82) is 0 Å². The van der Waals surface area contributed by atoms with Crippen LogP contribution in [0.15, 0.2) is 0 Å². The van der Waals surface area contributed by atoms with E-state index in [4.69, 9.17) is 0 Å². The van der Waals surface area contributed by atoms with Crippen molar-refractivity contribution in [3.63, 3.8) is 0 Å². The Bertz CT molecular complexity index is 177. The minimum absolute atomic E-state index is 0.346. The zero-order valence-electron chi connectivity index (χ0n) is 8.55. The lowest BCUT2D eigenvalue weighted by Crippen LogP contribution is -2.65. The molecule has 0 spiro atoms. The maximum atomic E-state index is 10.3. The Morgan fingerprint density at radius 1 is 1.31 bits per heavy atom. The molecule has 2 heteroatoms. The lowest BCUT2D eigenvalue weighted by molar-refractivity contribution is -0.0936. The Labute approximate surface area is 80.7 Å². The van der Waals surface area contributed by atoms with Gasteiger partial charge in [0, 0.05) is 13.1 Å². The van der Waals surface area contributed by atoms with Gasteiger partial charge in [-0.15, -0.1) is 0 Å². The van der Waals surface area contributed by atoms with Crippen LogP contribution >= 0.6 is 0 Å². The van der Waals surface area contributed by atoms with Crippen molar-refractivity contribution in [2.75, 3.05) is 13.1 Å². The van der Waals surface area contributed by atoms with Crippen molar-refractivity contribution < 1.29 is 5.11 Å². The van der Waals surface area contributed by atoms with E-state index in [0.717, 1.165) is 19.0 Å². The number of β-amino-alcohol motifs (C(OH)–C–C–N with tert-alkyl or cyclic N) is 1. The molecule has 0 amide bonds. The molecule has 1 saturated carbocycles. The molecule has 1 aliphatic carbocycles. The van der Waals surface area contributed by atoms with Gasteiger partial charge in [0.15, 0.2) is 0 Å². The number of hydrogen-bond donors (Lipinski definition) is 2. The third kappa shape index (κ3) is 1.62. The molecule has 0 radical (unpaired) electrons. The molecule has 1 saturated heterocycles. The van der Waals surface area contributed by atoms with E-state index < -0.39 is 0 Å². The van der Waals surface area contributed by atoms with Gasteiger partial charge in [-0.1, -0.05) is 32.6 Å². The van der Waals surface area contributed by atoms with E-state index >= 15 is 0 Å². The molecule has 0 bridgehead atoms. The SMILES string of the molecule is CCC1CCCCC1C1(O)CNC1. The van der Waals surface area contributed by atoms with Gasteiger partial charge in [0.05, 0.1) is 5.60 Å². The van der Waals surface area contributed by atoms with Crippen molar-refractivity contribution in [2.45, 2.75) is 44.6 Å². The summed E-state index contributed by atoms with van der Waals surface area (Å²) >= 11 is 0. The summed E-state index contributed by atoms with van der Waals surface area (Å²) in [5.41, 5.74) is -0.346. The van der Waals surface area contributed by atoms with Crippen molar-refractivity contribution in [3.05, 3.63) is 0 Å². The molecule has 2 unspecified atom stereocenters. The van der Waals surface area contributed by atoms with E-state index in [-0.39, 0.29) is 5.60 Å². The zero-order valence-corrected chi connectivity index (χ0v) is 8.55. The first kappa shape index (κ1) is 9.47. The van der Waals surface area contributed by atoms with E-state index in [2.05, 4.69) is 12.2 Å². The van der Waals surface area contributed by atoms with Crippen LogP contribution in [-0.2, 0) is 0 Å². The molecule has 0 aromatic carbocycles. The van der Waals surface area contributed by atoms with Crippen molar-refractivity contribution in [3.8, 4) is 0 Å². The van der Waals surface area contributed by atoms with Gasteiger partial charge in [-0.05, 0) is 18.3 Å². The maximum absolute atomic E-state index is 10.3. The lowest BCUT2D eigenvalue weighted by Gasteiger charge is -2.48. The van der Waals surface area contributed by atoms with E-state index in [1.54, 1.807) is 0 Å². The molecular weight excluding hydrogens is 162 g/mol. The van der Waals surface area contributed by atoms with Gasteiger partial charge in [0.1, 0.15) is 0 Å². The first-order valence-corrected chi connectivity index (χ1v) is 5.69. The highest BCUT2D eigenvalue weighted by Crippen LogP contribution is 2.40. The summed E-state index contributed by atoms with van der Waals surface area (Å²) in [5, 5.41) is 13.5. The van der Waals surface area contributed by atoms with Gasteiger partial charge in [-0.25, -0.2) is 0 Å². The first-order valence-electron chi connectivity index (χ1n) is 5.69. The van der Waals surface area contributed by atoms with Crippen LogP contribution in [-0.4, -0.2) is 23.8 Å². The molecule has 0 aromatic rings. The maximum Gasteiger partial charge on any atom is 0.0925 e. The summed E-state index contributed by atoms with van der Waals surface area (Å²) in [5.74, 6) is 1.35. The summed E-state index contributed by atoms with van der Waals surface area (Å²) in [6, 6.07) is 0. The highest BCUT2D eigenvalue weighted by atomic mass is 16.3. The Morgan fingerprint density at radius 3 is 2.54 bits per heavy atom. The summed E-state index contributed by atoms with van der Waals surface area (Å²) in [7, 11) is 0. The predicted octanol–water partition coefficient (Wildman–Crippen LogP) is 1.54. The summed E-state index contributed by atoms with van der Waals surface area (Å²) in [6.45, 7) is 3.92. The molecule has 2 rings (SSSR count). The lowest BCUT2D eigenvalue weighted by atomic mass is 9.67. The molecular formula is C11H21NO. The highest BCUT2D eigenvalue weighted by Gasteiger charge is 2.45. The molecule has 2 N–H and O–H groups in total. The third-order valence-corrected chi connectivity index (χ3v) is 3.99. The highest BCUT2D eigenvalue weighted by molar-refractivity contribution is 5.00. The third-order valence-electron chi connectivity index (χ3n) is 3.99. The van der Waals surface area contributed by atoms with Gasteiger partial charge < -0.3 is 10.4 Å². The van der Waals surface area contributed by atoms with E-state index in [9.17, 15) is 5.11 Å². The van der Waals surface area contributed by atoms with Crippen LogP contribution in [0.3, 0.4) is 0 Å². The van der Waals surface area contributed by atoms with Crippen LogP contribution in [0.1, 0.15) is 39.0 Å². The van der Waals surface area contributed by atoms with Crippen molar-refractivity contribution in [2.24, 2.45) is 11.8 Å². The molecule has 2 nitrogen and oxygen atoms in total.